The summed E-state index contributed by atoms with van der Waals surface area (Å²) in [6, 6.07) is 11.2. The van der Waals surface area contributed by atoms with Crippen molar-refractivity contribution in [2.75, 3.05) is 25.6 Å². The van der Waals surface area contributed by atoms with Crippen LogP contribution in [0.5, 0.6) is 11.5 Å². The maximum Gasteiger partial charge on any atom is 0.341 e. The van der Waals surface area contributed by atoms with Gasteiger partial charge in [0.1, 0.15) is 22.1 Å². The number of anilines is 1. The monoisotopic (exact) mass is 517 g/mol. The normalized spacial score (nSPS) is 10.5. The van der Waals surface area contributed by atoms with Crippen molar-refractivity contribution in [1.29, 1.82) is 0 Å². The third-order valence-electron chi connectivity index (χ3n) is 4.70. The van der Waals surface area contributed by atoms with Gasteiger partial charge < -0.3 is 19.5 Å². The van der Waals surface area contributed by atoms with Crippen LogP contribution in [0, 0.1) is 13.8 Å². The molecule has 0 atom stereocenters. The molecule has 0 aliphatic heterocycles. The van der Waals surface area contributed by atoms with E-state index in [-0.39, 0.29) is 19.1 Å². The molecule has 0 aliphatic carbocycles. The minimum atomic E-state index is -0.490. The molecule has 0 fully saturated rings. The van der Waals surface area contributed by atoms with Gasteiger partial charge >= 0.3 is 5.97 Å². The van der Waals surface area contributed by atoms with Gasteiger partial charge in [0.25, 0.3) is 5.91 Å². The molecule has 2 aromatic carbocycles. The molecule has 1 N–H and O–H groups in total. The van der Waals surface area contributed by atoms with Crippen molar-refractivity contribution >= 4 is 44.1 Å². The third-order valence-corrected chi connectivity index (χ3v) is 6.05. The highest BCUT2D eigenvalue weighted by Gasteiger charge is 2.23. The smallest absolute Gasteiger partial charge is 0.341 e. The quantitative estimate of drug-likeness (QED) is 0.371. The molecule has 0 unspecified atom stereocenters. The number of methoxy groups -OCH3 is 1. The SMILES string of the molecule is CCOC(=O)c1c(-c2ccc(OC)cc2)csc1NC(=O)COc1c(C)cc(Br)cc1C. The molecule has 6 nitrogen and oxygen atoms in total. The van der Waals surface area contributed by atoms with Crippen molar-refractivity contribution in [2.45, 2.75) is 20.8 Å². The number of halogens is 1. The number of nitrogens with one attached hydrogen (secondary N) is 1. The molecule has 8 heteroatoms. The van der Waals surface area contributed by atoms with Gasteiger partial charge in [0.15, 0.2) is 6.61 Å². The number of hydrogen-bond donors (Lipinski definition) is 1. The summed E-state index contributed by atoms with van der Waals surface area (Å²) in [5.41, 5.74) is 3.69. The Morgan fingerprint density at radius 1 is 1.09 bits per heavy atom. The van der Waals surface area contributed by atoms with E-state index in [0.29, 0.717) is 27.6 Å². The number of carbonyl (C=O) groups is 2. The highest BCUT2D eigenvalue weighted by molar-refractivity contribution is 9.10. The Morgan fingerprint density at radius 3 is 2.34 bits per heavy atom. The van der Waals surface area contributed by atoms with E-state index in [0.717, 1.165) is 21.2 Å². The van der Waals surface area contributed by atoms with E-state index >= 15 is 0 Å². The molecule has 1 heterocycles. The summed E-state index contributed by atoms with van der Waals surface area (Å²) in [6.07, 6.45) is 0. The van der Waals surface area contributed by atoms with E-state index in [1.54, 1.807) is 14.0 Å². The summed E-state index contributed by atoms with van der Waals surface area (Å²) < 4.78 is 17.2. The molecule has 32 heavy (non-hydrogen) atoms. The second-order valence-corrected chi connectivity index (χ2v) is 8.80. The minimum Gasteiger partial charge on any atom is -0.497 e. The van der Waals surface area contributed by atoms with Crippen LogP contribution in [-0.4, -0.2) is 32.2 Å². The fourth-order valence-electron chi connectivity index (χ4n) is 3.26. The largest absolute Gasteiger partial charge is 0.497 e. The lowest BCUT2D eigenvalue weighted by Crippen LogP contribution is -2.21. The number of ether oxygens (including phenoxy) is 3. The van der Waals surface area contributed by atoms with Gasteiger partial charge in [-0.05, 0) is 61.7 Å². The number of rotatable bonds is 8. The zero-order chi connectivity index (χ0) is 23.3. The number of hydrogen-bond acceptors (Lipinski definition) is 6. The molecule has 3 aromatic rings. The zero-order valence-electron chi connectivity index (χ0n) is 18.3. The number of carbonyl (C=O) groups excluding carboxylic acids is 2. The Kier molecular flexibility index (Phi) is 7.93. The molecule has 0 aliphatic rings. The highest BCUT2D eigenvalue weighted by Crippen LogP contribution is 2.37. The summed E-state index contributed by atoms with van der Waals surface area (Å²) in [7, 11) is 1.59. The molecule has 0 saturated carbocycles. The van der Waals surface area contributed by atoms with Gasteiger partial charge in [0.2, 0.25) is 0 Å². The number of benzene rings is 2. The van der Waals surface area contributed by atoms with Gasteiger partial charge in [0.05, 0.1) is 13.7 Å². The van der Waals surface area contributed by atoms with Gasteiger partial charge in [-0.15, -0.1) is 11.3 Å². The Hall–Kier alpha value is -2.84. The topological polar surface area (TPSA) is 73.9 Å². The minimum absolute atomic E-state index is 0.179. The molecule has 0 spiro atoms. The van der Waals surface area contributed by atoms with E-state index in [9.17, 15) is 9.59 Å². The number of thiophene rings is 1. The first-order chi connectivity index (χ1) is 15.3. The molecule has 1 aromatic heterocycles. The summed E-state index contributed by atoms with van der Waals surface area (Å²) in [6.45, 7) is 5.64. The Morgan fingerprint density at radius 2 is 1.75 bits per heavy atom. The molecule has 3 rings (SSSR count). The van der Waals surface area contributed by atoms with Crippen LogP contribution in [0.25, 0.3) is 11.1 Å². The maximum atomic E-state index is 12.7. The van der Waals surface area contributed by atoms with Crippen LogP contribution in [0.15, 0.2) is 46.3 Å². The van der Waals surface area contributed by atoms with Gasteiger partial charge in [-0.1, -0.05) is 28.1 Å². The van der Waals surface area contributed by atoms with Crippen LogP contribution in [-0.2, 0) is 9.53 Å². The second-order valence-electron chi connectivity index (χ2n) is 7.01. The number of esters is 1. The van der Waals surface area contributed by atoms with Crippen LogP contribution in [0.4, 0.5) is 5.00 Å². The Labute approximate surface area is 199 Å². The van der Waals surface area contributed by atoms with Gasteiger partial charge in [-0.25, -0.2) is 4.79 Å². The predicted molar refractivity (Wildman–Crippen MR) is 130 cm³/mol. The lowest BCUT2D eigenvalue weighted by Gasteiger charge is -2.13. The van der Waals surface area contributed by atoms with Crippen molar-refractivity contribution in [1.82, 2.24) is 0 Å². The summed E-state index contributed by atoms with van der Waals surface area (Å²) in [5.74, 6) is 0.528. The van der Waals surface area contributed by atoms with Gasteiger partial charge in [-0.2, -0.15) is 0 Å². The number of amides is 1. The summed E-state index contributed by atoms with van der Waals surface area (Å²) >= 11 is 4.72. The molecule has 168 valence electrons. The molecule has 1 amide bonds. The van der Waals surface area contributed by atoms with E-state index < -0.39 is 5.97 Å². The van der Waals surface area contributed by atoms with Crippen molar-refractivity contribution in [3.8, 4) is 22.6 Å². The highest BCUT2D eigenvalue weighted by atomic mass is 79.9. The summed E-state index contributed by atoms with van der Waals surface area (Å²) in [4.78, 5) is 25.3. The predicted octanol–water partition coefficient (Wildman–Crippen LogP) is 6.00. The second kappa shape index (κ2) is 10.7. The third kappa shape index (κ3) is 5.49. The van der Waals surface area contributed by atoms with Crippen LogP contribution >= 0.6 is 27.3 Å². The van der Waals surface area contributed by atoms with E-state index in [2.05, 4.69) is 21.2 Å². The van der Waals surface area contributed by atoms with E-state index in [1.165, 1.54) is 11.3 Å². The van der Waals surface area contributed by atoms with Crippen molar-refractivity contribution in [3.05, 3.63) is 62.9 Å². The molecule has 0 bridgehead atoms. The van der Waals surface area contributed by atoms with E-state index in [4.69, 9.17) is 14.2 Å². The molecule has 0 radical (unpaired) electrons. The number of aryl methyl sites for hydroxylation is 2. The first-order valence-corrected chi connectivity index (χ1v) is 11.6. The Balaban J connectivity index is 1.81. The average Bonchev–Trinajstić information content (AvgIpc) is 3.16. The van der Waals surface area contributed by atoms with Crippen molar-refractivity contribution in [2.24, 2.45) is 0 Å². The molecular formula is C24H24BrNO5S. The zero-order valence-corrected chi connectivity index (χ0v) is 20.7. The van der Waals surface area contributed by atoms with Crippen molar-refractivity contribution < 1.29 is 23.8 Å². The van der Waals surface area contributed by atoms with Crippen LogP contribution < -0.4 is 14.8 Å². The van der Waals surface area contributed by atoms with Gasteiger partial charge in [0, 0.05) is 15.4 Å². The summed E-state index contributed by atoms with van der Waals surface area (Å²) in [5, 5.41) is 5.05. The van der Waals surface area contributed by atoms with Crippen LogP contribution in [0.2, 0.25) is 0 Å². The van der Waals surface area contributed by atoms with E-state index in [1.807, 2.05) is 55.6 Å². The first kappa shape index (κ1) is 23.8. The Bertz CT molecular complexity index is 1100. The van der Waals surface area contributed by atoms with Crippen LogP contribution in [0.1, 0.15) is 28.4 Å². The van der Waals surface area contributed by atoms with Crippen LogP contribution in [0.3, 0.4) is 0 Å². The fourth-order valence-corrected chi connectivity index (χ4v) is 4.92. The first-order valence-electron chi connectivity index (χ1n) is 9.96. The lowest BCUT2D eigenvalue weighted by atomic mass is 10.0. The fraction of sp³-hybridized carbons (Fsp3) is 0.250. The molecular weight excluding hydrogens is 494 g/mol. The van der Waals surface area contributed by atoms with Gasteiger partial charge in [-0.3, -0.25) is 4.79 Å². The molecule has 0 saturated heterocycles. The van der Waals surface area contributed by atoms with Crippen molar-refractivity contribution in [3.63, 3.8) is 0 Å². The average molecular weight is 518 g/mol. The standard InChI is InChI=1S/C24H24BrNO5S/c1-5-30-24(28)21-19(16-6-8-18(29-4)9-7-16)13-32-23(21)26-20(27)12-31-22-14(2)10-17(25)11-15(22)3/h6-11,13H,5,12H2,1-4H3,(H,26,27). The lowest BCUT2D eigenvalue weighted by molar-refractivity contribution is -0.118. The maximum absolute atomic E-state index is 12.7.